The third-order valence-corrected chi connectivity index (χ3v) is 3.76. The highest BCUT2D eigenvalue weighted by Crippen LogP contribution is 2.36. The van der Waals surface area contributed by atoms with Crippen LogP contribution in [0.1, 0.15) is 30.9 Å². The van der Waals surface area contributed by atoms with E-state index in [0.29, 0.717) is 6.04 Å². The molecule has 0 aliphatic heterocycles. The fraction of sp³-hybridized carbons (Fsp3) is 0.538. The average molecular weight is 268 g/mol. The van der Waals surface area contributed by atoms with Crippen molar-refractivity contribution in [3.63, 3.8) is 0 Å². The lowest BCUT2D eigenvalue weighted by Crippen LogP contribution is -2.18. The molecule has 1 unspecified atom stereocenters. The molecular formula is C13H18BrN. The summed E-state index contributed by atoms with van der Waals surface area (Å²) in [5.74, 6) is 0.887. The lowest BCUT2D eigenvalue weighted by molar-refractivity contribution is 0.693. The number of hydrogen-bond donors (Lipinski definition) is 1. The van der Waals surface area contributed by atoms with E-state index in [-0.39, 0.29) is 0 Å². The van der Waals surface area contributed by atoms with E-state index >= 15 is 0 Å². The first-order valence-corrected chi connectivity index (χ1v) is 6.40. The van der Waals surface area contributed by atoms with Crippen molar-refractivity contribution in [1.29, 1.82) is 0 Å². The lowest BCUT2D eigenvalue weighted by atomic mass is 10.1. The van der Waals surface area contributed by atoms with E-state index in [9.17, 15) is 0 Å². The van der Waals surface area contributed by atoms with Gasteiger partial charge in [-0.05, 0) is 72.7 Å². The van der Waals surface area contributed by atoms with Gasteiger partial charge in [0.15, 0.2) is 0 Å². The van der Waals surface area contributed by atoms with E-state index in [0.717, 1.165) is 5.92 Å². The summed E-state index contributed by atoms with van der Waals surface area (Å²) in [7, 11) is 0. The molecule has 2 heteroatoms. The molecule has 0 aromatic heterocycles. The van der Waals surface area contributed by atoms with Crippen molar-refractivity contribution < 1.29 is 0 Å². The van der Waals surface area contributed by atoms with Crippen LogP contribution < -0.4 is 5.32 Å². The molecule has 0 bridgehead atoms. The highest BCUT2D eigenvalue weighted by molar-refractivity contribution is 9.10. The predicted octanol–water partition coefficient (Wildman–Crippen LogP) is 4.28. The maximum atomic E-state index is 3.63. The van der Waals surface area contributed by atoms with Crippen molar-refractivity contribution in [2.45, 2.75) is 39.7 Å². The normalized spacial score (nSPS) is 17.6. The van der Waals surface area contributed by atoms with Gasteiger partial charge in [-0.1, -0.05) is 6.07 Å². The number of rotatable bonds is 3. The molecule has 0 amide bonds. The van der Waals surface area contributed by atoms with E-state index in [1.807, 2.05) is 0 Å². The molecule has 1 aliphatic rings. The quantitative estimate of drug-likeness (QED) is 0.862. The Morgan fingerprint density at radius 2 is 2.00 bits per heavy atom. The molecule has 1 fully saturated rings. The van der Waals surface area contributed by atoms with Crippen LogP contribution in [-0.2, 0) is 0 Å². The van der Waals surface area contributed by atoms with Gasteiger partial charge in [-0.3, -0.25) is 0 Å². The molecule has 1 aromatic carbocycles. The van der Waals surface area contributed by atoms with Crippen LogP contribution in [0.25, 0.3) is 0 Å². The minimum atomic E-state index is 0.600. The minimum absolute atomic E-state index is 0.600. The molecule has 1 aromatic rings. The van der Waals surface area contributed by atoms with Crippen molar-refractivity contribution in [2.24, 2.45) is 5.92 Å². The number of anilines is 1. The van der Waals surface area contributed by atoms with Crippen LogP contribution in [0.4, 0.5) is 5.69 Å². The molecule has 0 radical (unpaired) electrons. The molecule has 2 rings (SSSR count). The maximum absolute atomic E-state index is 3.63. The Bertz CT molecular complexity index is 346. The van der Waals surface area contributed by atoms with Crippen LogP contribution in [0, 0.1) is 19.8 Å². The van der Waals surface area contributed by atoms with Crippen molar-refractivity contribution in [3.05, 3.63) is 27.7 Å². The van der Waals surface area contributed by atoms with E-state index in [4.69, 9.17) is 0 Å². The standard InChI is InChI=1S/C13H18BrN/c1-8-6-9(2)13(12(14)7-8)15-10(3)11-4-5-11/h6-7,10-11,15H,4-5H2,1-3H3. The lowest BCUT2D eigenvalue weighted by Gasteiger charge is -2.18. The average Bonchev–Trinajstić information content (AvgIpc) is 2.93. The van der Waals surface area contributed by atoms with Gasteiger partial charge < -0.3 is 5.32 Å². The molecular weight excluding hydrogens is 250 g/mol. The SMILES string of the molecule is Cc1cc(C)c(NC(C)C2CC2)c(Br)c1. The van der Waals surface area contributed by atoms with Gasteiger partial charge >= 0.3 is 0 Å². The van der Waals surface area contributed by atoms with Gasteiger partial charge in [-0.25, -0.2) is 0 Å². The topological polar surface area (TPSA) is 12.0 Å². The number of halogens is 1. The van der Waals surface area contributed by atoms with Gasteiger partial charge in [-0.15, -0.1) is 0 Å². The maximum Gasteiger partial charge on any atom is 0.0516 e. The summed E-state index contributed by atoms with van der Waals surface area (Å²) < 4.78 is 1.19. The molecule has 0 spiro atoms. The largest absolute Gasteiger partial charge is 0.381 e. The van der Waals surface area contributed by atoms with Gasteiger partial charge in [0.05, 0.1) is 5.69 Å². The highest BCUT2D eigenvalue weighted by atomic mass is 79.9. The van der Waals surface area contributed by atoms with Crippen molar-refractivity contribution >= 4 is 21.6 Å². The van der Waals surface area contributed by atoms with Crippen LogP contribution in [-0.4, -0.2) is 6.04 Å². The summed E-state index contributed by atoms with van der Waals surface area (Å²) >= 11 is 3.63. The minimum Gasteiger partial charge on any atom is -0.381 e. The van der Waals surface area contributed by atoms with E-state index in [2.05, 4.69) is 54.2 Å². The Morgan fingerprint density at radius 3 is 2.53 bits per heavy atom. The van der Waals surface area contributed by atoms with Gasteiger partial charge in [0.25, 0.3) is 0 Å². The Balaban J connectivity index is 2.19. The van der Waals surface area contributed by atoms with Crippen LogP contribution in [0.3, 0.4) is 0 Å². The van der Waals surface area contributed by atoms with Crippen LogP contribution in [0.2, 0.25) is 0 Å². The van der Waals surface area contributed by atoms with E-state index in [1.54, 1.807) is 0 Å². The molecule has 0 saturated heterocycles. The second-order valence-electron chi connectivity index (χ2n) is 4.71. The molecule has 1 aliphatic carbocycles. The third-order valence-electron chi connectivity index (χ3n) is 3.13. The van der Waals surface area contributed by atoms with Crippen molar-refractivity contribution in [2.75, 3.05) is 5.32 Å². The van der Waals surface area contributed by atoms with Gasteiger partial charge in [0.1, 0.15) is 0 Å². The van der Waals surface area contributed by atoms with Crippen molar-refractivity contribution in [3.8, 4) is 0 Å². The van der Waals surface area contributed by atoms with E-state index < -0.39 is 0 Å². The smallest absolute Gasteiger partial charge is 0.0516 e. The number of hydrogen-bond acceptors (Lipinski definition) is 1. The fourth-order valence-electron chi connectivity index (χ4n) is 2.04. The number of benzene rings is 1. The molecule has 1 N–H and O–H groups in total. The summed E-state index contributed by atoms with van der Waals surface area (Å²) in [6, 6.07) is 5.00. The second-order valence-corrected chi connectivity index (χ2v) is 5.56. The predicted molar refractivity (Wildman–Crippen MR) is 69.4 cm³/mol. The first-order chi connectivity index (χ1) is 7.08. The summed E-state index contributed by atoms with van der Waals surface area (Å²) in [6.07, 6.45) is 2.77. The Labute approximate surface area is 100 Å². The first kappa shape index (κ1) is 11.0. The zero-order valence-corrected chi connectivity index (χ0v) is 11.2. The molecule has 82 valence electrons. The van der Waals surface area contributed by atoms with Crippen molar-refractivity contribution in [1.82, 2.24) is 0 Å². The van der Waals surface area contributed by atoms with Crippen LogP contribution in [0.15, 0.2) is 16.6 Å². The zero-order valence-electron chi connectivity index (χ0n) is 9.60. The van der Waals surface area contributed by atoms with Crippen LogP contribution >= 0.6 is 15.9 Å². The van der Waals surface area contributed by atoms with Gasteiger partial charge in [0.2, 0.25) is 0 Å². The van der Waals surface area contributed by atoms with Gasteiger partial charge in [-0.2, -0.15) is 0 Å². The summed E-state index contributed by atoms with van der Waals surface area (Å²) in [4.78, 5) is 0. The first-order valence-electron chi connectivity index (χ1n) is 5.61. The highest BCUT2D eigenvalue weighted by Gasteiger charge is 2.28. The monoisotopic (exact) mass is 267 g/mol. The van der Waals surface area contributed by atoms with Gasteiger partial charge in [0, 0.05) is 10.5 Å². The molecule has 15 heavy (non-hydrogen) atoms. The molecule has 1 nitrogen and oxygen atoms in total. The zero-order chi connectivity index (χ0) is 11.0. The van der Waals surface area contributed by atoms with Crippen LogP contribution in [0.5, 0.6) is 0 Å². The summed E-state index contributed by atoms with van der Waals surface area (Å²) in [6.45, 7) is 6.58. The molecule has 0 heterocycles. The Morgan fingerprint density at radius 1 is 1.33 bits per heavy atom. The third kappa shape index (κ3) is 2.54. The Kier molecular flexibility index (Phi) is 3.06. The molecule has 1 atom stereocenters. The number of aryl methyl sites for hydroxylation is 2. The summed E-state index contributed by atoms with van der Waals surface area (Å²) in [5, 5.41) is 3.62. The van der Waals surface area contributed by atoms with E-state index in [1.165, 1.54) is 34.1 Å². The summed E-state index contributed by atoms with van der Waals surface area (Å²) in [5.41, 5.74) is 3.90. The fourth-order valence-corrected chi connectivity index (χ4v) is 2.83. The second kappa shape index (κ2) is 4.17. The number of nitrogens with one attached hydrogen (secondary N) is 1. The molecule has 1 saturated carbocycles. The Hall–Kier alpha value is -0.500.